The number of alkyl halides is 16. The van der Waals surface area contributed by atoms with Crippen LogP contribution in [-0.4, -0.2) is 54.5 Å². The van der Waals surface area contributed by atoms with Crippen LogP contribution >= 0.6 is 0 Å². The van der Waals surface area contributed by atoms with Crippen LogP contribution in [0.3, 0.4) is 0 Å². The van der Waals surface area contributed by atoms with Gasteiger partial charge < -0.3 is 0 Å². The first-order valence-electron chi connectivity index (χ1n) is 6.51. The van der Waals surface area contributed by atoms with Crippen LogP contribution in [-0.2, 0) is 9.47 Å². The molecule has 176 valence electrons. The molecule has 0 heterocycles. The van der Waals surface area contributed by atoms with Gasteiger partial charge in [0.15, 0.2) is 6.79 Å². The minimum absolute atomic E-state index is 0.949. The van der Waals surface area contributed by atoms with Crippen LogP contribution in [0.25, 0.3) is 0 Å². The highest BCUT2D eigenvalue weighted by atomic mass is 19.4. The molecule has 0 aliphatic heterocycles. The van der Waals surface area contributed by atoms with Gasteiger partial charge in [0.1, 0.15) is 0 Å². The molecule has 0 aromatic rings. The number of hydrogen-bond donors (Lipinski definition) is 0. The largest absolute Gasteiger partial charge is 0.428 e. The van der Waals surface area contributed by atoms with Crippen LogP contribution in [0.1, 0.15) is 13.8 Å². The predicted molar refractivity (Wildman–Crippen MR) is 58.0 cm³/mol. The van der Waals surface area contributed by atoms with Crippen molar-refractivity contribution in [3.05, 3.63) is 0 Å². The van der Waals surface area contributed by atoms with Crippen molar-refractivity contribution < 1.29 is 79.7 Å². The fraction of sp³-hybridized carbons (Fsp3) is 1.00. The van der Waals surface area contributed by atoms with Gasteiger partial charge >= 0.3 is 47.8 Å². The first-order chi connectivity index (χ1) is 12.2. The van der Waals surface area contributed by atoms with Crippen LogP contribution < -0.4 is 0 Å². The Morgan fingerprint density at radius 1 is 0.414 bits per heavy atom. The molecule has 0 bridgehead atoms. The first kappa shape index (κ1) is 27.8. The molecule has 0 N–H and O–H groups in total. The maximum absolute atomic E-state index is 13.0. The maximum atomic E-state index is 13.0. The summed E-state index contributed by atoms with van der Waals surface area (Å²) < 4.78 is 209. The zero-order valence-electron chi connectivity index (χ0n) is 13.6. The maximum Gasteiger partial charge on any atom is 0.428 e. The quantitative estimate of drug-likeness (QED) is 0.284. The Kier molecular flexibility index (Phi) is 6.90. The van der Waals surface area contributed by atoms with E-state index in [0.717, 1.165) is 0 Å². The SMILES string of the molecule is CC(F)(F)C(F)(F)C(F)(F)C(F)(F)OCOC(F)(F)C(F)(F)C(F)(F)C(C)(F)F. The fourth-order valence-corrected chi connectivity index (χ4v) is 1.28. The first-order valence-corrected chi connectivity index (χ1v) is 6.51. The lowest BCUT2D eigenvalue weighted by Crippen LogP contribution is -2.63. The number of halogens is 16. The molecule has 0 aromatic heterocycles. The van der Waals surface area contributed by atoms with Crippen molar-refractivity contribution in [1.29, 1.82) is 0 Å². The van der Waals surface area contributed by atoms with Crippen molar-refractivity contribution in [2.75, 3.05) is 6.79 Å². The minimum Gasteiger partial charge on any atom is -0.288 e. The third-order valence-electron chi connectivity index (χ3n) is 3.10. The van der Waals surface area contributed by atoms with E-state index in [9.17, 15) is 70.2 Å². The molecule has 0 aliphatic carbocycles. The molecule has 29 heavy (non-hydrogen) atoms. The molecule has 0 amide bonds. The highest BCUT2D eigenvalue weighted by molar-refractivity contribution is 5.00. The lowest BCUT2D eigenvalue weighted by Gasteiger charge is -2.36. The van der Waals surface area contributed by atoms with E-state index in [2.05, 4.69) is 9.47 Å². The Morgan fingerprint density at radius 2 is 0.621 bits per heavy atom. The number of hydrogen-bond acceptors (Lipinski definition) is 2. The average molecular weight is 476 g/mol. The van der Waals surface area contributed by atoms with Gasteiger partial charge in [-0.15, -0.1) is 0 Å². The highest BCUT2D eigenvalue weighted by Gasteiger charge is 2.82. The number of ether oxygens (including phenoxy) is 2. The molecule has 0 unspecified atom stereocenters. The lowest BCUT2D eigenvalue weighted by molar-refractivity contribution is -0.467. The molecule has 2 nitrogen and oxygen atoms in total. The third kappa shape index (κ3) is 4.46. The molecule has 0 spiro atoms. The van der Waals surface area contributed by atoms with Crippen molar-refractivity contribution in [2.24, 2.45) is 0 Å². The van der Waals surface area contributed by atoms with E-state index in [4.69, 9.17) is 0 Å². The molecule has 0 saturated heterocycles. The molecule has 0 rings (SSSR count). The van der Waals surface area contributed by atoms with E-state index in [1.165, 1.54) is 0 Å². The summed E-state index contributed by atoms with van der Waals surface area (Å²) >= 11 is 0. The van der Waals surface area contributed by atoms with Gasteiger partial charge in [-0.1, -0.05) is 0 Å². The van der Waals surface area contributed by atoms with Crippen molar-refractivity contribution in [3.8, 4) is 0 Å². The van der Waals surface area contributed by atoms with Gasteiger partial charge in [0.2, 0.25) is 0 Å². The summed E-state index contributed by atoms with van der Waals surface area (Å²) in [7, 11) is 0. The average Bonchev–Trinajstić information content (AvgIpc) is 2.43. The Bertz CT molecular complexity index is 522. The van der Waals surface area contributed by atoms with Crippen molar-refractivity contribution in [1.82, 2.24) is 0 Å². The van der Waals surface area contributed by atoms with E-state index in [-0.39, 0.29) is 0 Å². The summed E-state index contributed by atoms with van der Waals surface area (Å²) in [5.41, 5.74) is 0. The zero-order chi connectivity index (χ0) is 24.1. The predicted octanol–water partition coefficient (Wildman–Crippen LogP) is 6.01. The van der Waals surface area contributed by atoms with Gasteiger partial charge in [-0.05, 0) is 0 Å². The van der Waals surface area contributed by atoms with Crippen LogP contribution in [0, 0.1) is 0 Å². The standard InChI is InChI=1S/C11H8F16O2/c1-4(12,13)6(16,17)8(20,21)10(24,25)28-3-29-11(26,27)9(22,23)7(18,19)5(2,14)15/h3H2,1-2H3. The zero-order valence-corrected chi connectivity index (χ0v) is 13.6. The molecular weight excluding hydrogens is 468 g/mol. The molecule has 0 aliphatic rings. The summed E-state index contributed by atoms with van der Waals surface area (Å²) in [5, 5.41) is 0. The van der Waals surface area contributed by atoms with Crippen LogP contribution in [0.15, 0.2) is 0 Å². The van der Waals surface area contributed by atoms with Crippen LogP contribution in [0.4, 0.5) is 70.2 Å². The van der Waals surface area contributed by atoms with Gasteiger partial charge in [-0.3, -0.25) is 9.47 Å². The Balaban J connectivity index is 5.55. The van der Waals surface area contributed by atoms with Crippen molar-refractivity contribution in [2.45, 2.75) is 61.6 Å². The molecule has 0 fully saturated rings. The summed E-state index contributed by atoms with van der Waals surface area (Å²) in [6.45, 7) is -5.22. The van der Waals surface area contributed by atoms with Gasteiger partial charge in [-0.2, -0.15) is 70.2 Å². The summed E-state index contributed by atoms with van der Waals surface area (Å²) in [6, 6.07) is 0. The molecule has 0 atom stereocenters. The molecule has 0 radical (unpaired) electrons. The summed E-state index contributed by atoms with van der Waals surface area (Å²) in [6.07, 6.45) is -13.6. The molecule has 0 saturated carbocycles. The van der Waals surface area contributed by atoms with Gasteiger partial charge in [0.25, 0.3) is 0 Å². The van der Waals surface area contributed by atoms with Gasteiger partial charge in [0, 0.05) is 13.8 Å². The second kappa shape index (κ2) is 7.19. The van der Waals surface area contributed by atoms with Crippen molar-refractivity contribution in [3.63, 3.8) is 0 Å². The van der Waals surface area contributed by atoms with E-state index in [1.807, 2.05) is 0 Å². The van der Waals surface area contributed by atoms with Gasteiger partial charge in [-0.25, -0.2) is 0 Å². The Hall–Kier alpha value is -1.20. The normalized spacial score (nSPS) is 16.3. The Morgan fingerprint density at radius 3 is 0.793 bits per heavy atom. The van der Waals surface area contributed by atoms with Crippen molar-refractivity contribution >= 4 is 0 Å². The molecule has 18 heteroatoms. The van der Waals surface area contributed by atoms with Crippen LogP contribution in [0.5, 0.6) is 0 Å². The summed E-state index contributed by atoms with van der Waals surface area (Å²) in [4.78, 5) is 0. The Labute approximate surface area is 149 Å². The van der Waals surface area contributed by atoms with E-state index in [1.54, 1.807) is 0 Å². The minimum atomic E-state index is -7.17. The number of rotatable bonds is 10. The topological polar surface area (TPSA) is 18.5 Å². The fourth-order valence-electron chi connectivity index (χ4n) is 1.28. The molecular formula is C11H8F16O2. The lowest BCUT2D eigenvalue weighted by atomic mass is 10.1. The van der Waals surface area contributed by atoms with E-state index in [0.29, 0.717) is 0 Å². The van der Waals surface area contributed by atoms with Gasteiger partial charge in [0.05, 0.1) is 0 Å². The summed E-state index contributed by atoms with van der Waals surface area (Å²) in [5.74, 6) is -39.8. The highest BCUT2D eigenvalue weighted by Crippen LogP contribution is 2.54. The van der Waals surface area contributed by atoms with Crippen LogP contribution in [0.2, 0.25) is 0 Å². The monoisotopic (exact) mass is 476 g/mol. The van der Waals surface area contributed by atoms with E-state index < -0.39 is 68.4 Å². The second-order valence-corrected chi connectivity index (χ2v) is 5.51. The third-order valence-corrected chi connectivity index (χ3v) is 3.10. The van der Waals surface area contributed by atoms with E-state index >= 15 is 0 Å². The second-order valence-electron chi connectivity index (χ2n) is 5.51. The smallest absolute Gasteiger partial charge is 0.288 e. The molecule has 0 aromatic carbocycles.